The lowest BCUT2D eigenvalue weighted by atomic mass is 9.91. The molecule has 7 nitrogen and oxygen atoms in total. The van der Waals surface area contributed by atoms with Crippen LogP contribution in [0.2, 0.25) is 5.02 Å². The third-order valence-corrected chi connectivity index (χ3v) is 5.78. The third-order valence-electron chi connectivity index (χ3n) is 5.46. The predicted octanol–water partition coefficient (Wildman–Crippen LogP) is 3.89. The van der Waals surface area contributed by atoms with Gasteiger partial charge in [-0.05, 0) is 54.4 Å². The Balaban J connectivity index is 1.56. The number of nitrogens with one attached hydrogen (secondary N) is 1. The molecule has 2 aromatic carbocycles. The summed E-state index contributed by atoms with van der Waals surface area (Å²) in [5.41, 5.74) is 4.02. The summed E-state index contributed by atoms with van der Waals surface area (Å²) in [6.07, 6.45) is -0.444. The van der Waals surface area contributed by atoms with Gasteiger partial charge in [-0.15, -0.1) is 5.10 Å². The summed E-state index contributed by atoms with van der Waals surface area (Å²) in [7, 11) is 0. The number of anilines is 1. The number of hydrogen-bond acceptors (Lipinski definition) is 5. The lowest BCUT2D eigenvalue weighted by Crippen LogP contribution is -2.42. The number of carbonyl (C=O) groups excluding carboxylic acids is 1. The maximum absolute atomic E-state index is 15.3. The summed E-state index contributed by atoms with van der Waals surface area (Å²) in [6.45, 7) is 0.548. The highest BCUT2D eigenvalue weighted by molar-refractivity contribution is 6.34. The third kappa shape index (κ3) is 4.42. The van der Waals surface area contributed by atoms with E-state index < -0.39 is 41.4 Å². The van der Waals surface area contributed by atoms with E-state index in [9.17, 15) is 18.7 Å². The molecule has 34 heavy (non-hydrogen) atoms. The number of hydrogen-bond donors (Lipinski definition) is 3. The summed E-state index contributed by atoms with van der Waals surface area (Å²) in [4.78, 5) is 16.7. The number of fused-ring (bicyclic) bond motifs is 1. The van der Waals surface area contributed by atoms with Crippen LogP contribution in [0.5, 0.6) is 0 Å². The number of benzene rings is 2. The molecular formula is C23H19ClF3N5O2. The molecule has 4 aromatic rings. The molecule has 2 aromatic heterocycles. The first-order valence-corrected chi connectivity index (χ1v) is 10.5. The normalized spacial score (nSPS) is 14.1. The van der Waals surface area contributed by atoms with Gasteiger partial charge in [0, 0.05) is 11.8 Å². The number of nitrogens with two attached hydrogens (primary N) is 1. The number of pyridine rings is 1. The van der Waals surface area contributed by atoms with E-state index in [0.717, 1.165) is 12.1 Å². The number of nitrogens with zero attached hydrogens (tertiary/aromatic N) is 3. The van der Waals surface area contributed by atoms with Crippen LogP contribution in [-0.2, 0) is 5.60 Å². The van der Waals surface area contributed by atoms with Crippen molar-refractivity contribution in [2.24, 2.45) is 0 Å². The van der Waals surface area contributed by atoms with Crippen molar-refractivity contribution in [1.29, 1.82) is 0 Å². The van der Waals surface area contributed by atoms with Crippen molar-refractivity contribution in [2.45, 2.75) is 18.7 Å². The number of carbonyl (C=O) groups is 1. The molecule has 0 fully saturated rings. The summed E-state index contributed by atoms with van der Waals surface area (Å²) in [5, 5.41) is 16.6. The molecular weight excluding hydrogens is 471 g/mol. The second-order valence-electron chi connectivity index (χ2n) is 7.80. The first-order valence-electron chi connectivity index (χ1n) is 10.1. The van der Waals surface area contributed by atoms with Crippen LogP contribution in [0.4, 0.5) is 19.1 Å². The van der Waals surface area contributed by atoms with E-state index >= 15 is 4.39 Å². The van der Waals surface area contributed by atoms with Crippen LogP contribution < -0.4 is 11.1 Å². The molecule has 0 saturated heterocycles. The smallest absolute Gasteiger partial charge is 0.255 e. The summed E-state index contributed by atoms with van der Waals surface area (Å²) >= 11 is 6.08. The van der Waals surface area contributed by atoms with E-state index in [2.05, 4.69) is 15.4 Å². The van der Waals surface area contributed by atoms with Crippen molar-refractivity contribution >= 4 is 29.1 Å². The standard InChI is InChI=1S/C23H19ClF3N5O2/c1-23(34,13-2-4-14(25)5-3-13)17(26)11-29-21(33)19-16(24)7-6-15(20(19)27)12-8-9-32-18(10-12)30-22(28)31-32/h2-10,17,34H,11H2,1H3,(H2,28,31)(H,29,33)/t17-,23+/m0/s1. The Hall–Kier alpha value is -3.63. The minimum Gasteiger partial charge on any atom is -0.382 e. The van der Waals surface area contributed by atoms with Gasteiger partial charge in [0.1, 0.15) is 23.4 Å². The van der Waals surface area contributed by atoms with Crippen LogP contribution in [-0.4, -0.2) is 38.3 Å². The quantitative estimate of drug-likeness (QED) is 0.381. The first kappa shape index (κ1) is 23.5. The Kier molecular flexibility index (Phi) is 6.20. The van der Waals surface area contributed by atoms with Crippen molar-refractivity contribution in [3.05, 3.63) is 82.5 Å². The van der Waals surface area contributed by atoms with Crippen LogP contribution >= 0.6 is 11.6 Å². The largest absolute Gasteiger partial charge is 0.382 e. The van der Waals surface area contributed by atoms with Crippen LogP contribution in [0.25, 0.3) is 16.8 Å². The van der Waals surface area contributed by atoms with Crippen molar-refractivity contribution in [2.75, 3.05) is 12.3 Å². The van der Waals surface area contributed by atoms with Gasteiger partial charge in [0.2, 0.25) is 5.95 Å². The molecule has 0 saturated carbocycles. The molecule has 0 aliphatic carbocycles. The van der Waals surface area contributed by atoms with E-state index in [4.69, 9.17) is 17.3 Å². The van der Waals surface area contributed by atoms with Gasteiger partial charge in [0.15, 0.2) is 5.65 Å². The molecule has 0 aliphatic heterocycles. The van der Waals surface area contributed by atoms with Gasteiger partial charge in [0.05, 0.1) is 17.1 Å². The molecule has 4 N–H and O–H groups in total. The molecule has 11 heteroatoms. The monoisotopic (exact) mass is 489 g/mol. The second kappa shape index (κ2) is 8.96. The summed E-state index contributed by atoms with van der Waals surface area (Å²) in [5.74, 6) is -2.37. The Morgan fingerprint density at radius 2 is 1.94 bits per heavy atom. The SMILES string of the molecule is C[C@@](O)(c1ccc(F)cc1)[C@@H](F)CNC(=O)c1c(Cl)ccc(-c2ccn3nc(N)nc3c2)c1F. The zero-order valence-corrected chi connectivity index (χ0v) is 18.5. The summed E-state index contributed by atoms with van der Waals surface area (Å²) < 4.78 is 44.7. The summed E-state index contributed by atoms with van der Waals surface area (Å²) in [6, 6.07) is 10.5. The topological polar surface area (TPSA) is 106 Å². The molecule has 1 amide bonds. The van der Waals surface area contributed by atoms with Crippen LogP contribution in [0.3, 0.4) is 0 Å². The molecule has 0 aliphatic rings. The van der Waals surface area contributed by atoms with Gasteiger partial charge in [-0.2, -0.15) is 4.98 Å². The molecule has 176 valence electrons. The maximum atomic E-state index is 15.3. The number of amides is 1. The minimum absolute atomic E-state index is 0.0473. The Morgan fingerprint density at radius 1 is 1.24 bits per heavy atom. The molecule has 0 radical (unpaired) electrons. The van der Waals surface area contributed by atoms with E-state index in [0.29, 0.717) is 11.2 Å². The lowest BCUT2D eigenvalue weighted by Gasteiger charge is -2.28. The average Bonchev–Trinajstić information content (AvgIpc) is 3.17. The van der Waals surface area contributed by atoms with Crippen molar-refractivity contribution in [3.8, 4) is 11.1 Å². The van der Waals surface area contributed by atoms with Gasteiger partial charge in [0.25, 0.3) is 5.91 Å². The fourth-order valence-electron chi connectivity index (χ4n) is 3.49. The fourth-order valence-corrected chi connectivity index (χ4v) is 3.72. The van der Waals surface area contributed by atoms with Gasteiger partial charge in [-0.3, -0.25) is 4.79 Å². The molecule has 2 atom stereocenters. The zero-order chi connectivity index (χ0) is 24.6. The Morgan fingerprint density at radius 3 is 2.65 bits per heavy atom. The zero-order valence-electron chi connectivity index (χ0n) is 17.8. The molecule has 2 heterocycles. The predicted molar refractivity (Wildman–Crippen MR) is 121 cm³/mol. The number of aromatic nitrogens is 3. The van der Waals surface area contributed by atoms with Gasteiger partial charge < -0.3 is 16.2 Å². The van der Waals surface area contributed by atoms with E-state index in [1.54, 1.807) is 6.07 Å². The van der Waals surface area contributed by atoms with Gasteiger partial charge >= 0.3 is 0 Å². The average molecular weight is 490 g/mol. The molecule has 0 unspecified atom stereocenters. The minimum atomic E-state index is -2.03. The number of halogens is 4. The molecule has 0 spiro atoms. The number of nitrogen functional groups attached to an aromatic ring is 1. The number of aliphatic hydroxyl groups is 1. The highest BCUT2D eigenvalue weighted by Gasteiger charge is 2.34. The Bertz CT molecular complexity index is 1380. The van der Waals surface area contributed by atoms with Gasteiger partial charge in [-0.1, -0.05) is 23.7 Å². The number of alkyl halides is 1. The van der Waals surface area contributed by atoms with Crippen LogP contribution in [0.15, 0.2) is 54.7 Å². The van der Waals surface area contributed by atoms with Crippen molar-refractivity contribution < 1.29 is 23.1 Å². The van der Waals surface area contributed by atoms with E-state index in [1.807, 2.05) is 0 Å². The van der Waals surface area contributed by atoms with Crippen LogP contribution in [0, 0.1) is 11.6 Å². The van der Waals surface area contributed by atoms with E-state index in [-0.39, 0.29) is 22.1 Å². The lowest BCUT2D eigenvalue weighted by molar-refractivity contribution is -0.0229. The highest BCUT2D eigenvalue weighted by Crippen LogP contribution is 2.31. The second-order valence-corrected chi connectivity index (χ2v) is 8.21. The fraction of sp³-hybridized carbons (Fsp3) is 0.174. The number of rotatable bonds is 6. The van der Waals surface area contributed by atoms with Crippen LogP contribution in [0.1, 0.15) is 22.8 Å². The van der Waals surface area contributed by atoms with Crippen molar-refractivity contribution in [1.82, 2.24) is 19.9 Å². The highest BCUT2D eigenvalue weighted by atomic mass is 35.5. The molecule has 4 rings (SSSR count). The maximum Gasteiger partial charge on any atom is 0.255 e. The first-order chi connectivity index (χ1) is 16.1. The van der Waals surface area contributed by atoms with Gasteiger partial charge in [-0.25, -0.2) is 17.7 Å². The van der Waals surface area contributed by atoms with Crippen molar-refractivity contribution in [3.63, 3.8) is 0 Å². The molecule has 0 bridgehead atoms. The van der Waals surface area contributed by atoms with E-state index in [1.165, 1.54) is 48.0 Å². The Labute approximate surface area is 197 Å².